The fourth-order valence-electron chi connectivity index (χ4n) is 3.20. The monoisotopic (exact) mass is 488 g/mol. The highest BCUT2D eigenvalue weighted by atomic mass is 35.5. The number of carbonyl (C=O) groups excluding carboxylic acids is 1. The van der Waals surface area contributed by atoms with Gasteiger partial charge in [0.05, 0.1) is 27.9 Å². The molecule has 10 heteroatoms. The molecular weight excluding hydrogens is 471 g/mol. The fourth-order valence-corrected chi connectivity index (χ4v) is 3.68. The van der Waals surface area contributed by atoms with E-state index in [0.717, 1.165) is 0 Å². The fraction of sp³-hybridized carbons (Fsp3) is 0.130. The summed E-state index contributed by atoms with van der Waals surface area (Å²) >= 11 is 12.4. The van der Waals surface area contributed by atoms with Gasteiger partial charge in [0.15, 0.2) is 6.10 Å². The number of hydrogen-bond acceptors (Lipinski definition) is 5. The number of rotatable bonds is 8. The summed E-state index contributed by atoms with van der Waals surface area (Å²) in [5, 5.41) is 31.6. The molecule has 170 valence electrons. The second-order valence-corrected chi connectivity index (χ2v) is 7.88. The van der Waals surface area contributed by atoms with Crippen LogP contribution >= 0.6 is 23.2 Å². The highest BCUT2D eigenvalue weighted by Gasteiger charge is 2.29. The average molecular weight is 489 g/mol. The van der Waals surface area contributed by atoms with Gasteiger partial charge in [0.1, 0.15) is 0 Å². The standard InChI is InChI=1S/C23H18Cl2N2O6/c24-16-8-4-1-5-12(16)10-18(20(28)23(32)33)27-21(29)13-9-17(25)19(26-11-13)14-6-2-3-7-15(14)22(30)31/h1-9,11,18,20,28H,10H2,(H,27,29)(H,30,31)(H,32,33). The molecule has 0 aliphatic rings. The van der Waals surface area contributed by atoms with Gasteiger partial charge in [-0.15, -0.1) is 0 Å². The molecule has 0 fully saturated rings. The number of aromatic carboxylic acids is 1. The van der Waals surface area contributed by atoms with Gasteiger partial charge in [-0.2, -0.15) is 0 Å². The Kier molecular flexibility index (Phi) is 7.65. The second kappa shape index (κ2) is 10.4. The topological polar surface area (TPSA) is 137 Å². The first-order valence-corrected chi connectivity index (χ1v) is 10.4. The number of amides is 1. The Balaban J connectivity index is 1.87. The number of carboxylic acids is 2. The second-order valence-electron chi connectivity index (χ2n) is 7.06. The number of aliphatic hydroxyl groups excluding tert-OH is 1. The third-order valence-electron chi connectivity index (χ3n) is 4.86. The summed E-state index contributed by atoms with van der Waals surface area (Å²) < 4.78 is 0. The minimum absolute atomic E-state index is 0.00157. The van der Waals surface area contributed by atoms with Crippen LogP contribution in [0.25, 0.3) is 11.3 Å². The summed E-state index contributed by atoms with van der Waals surface area (Å²) in [6.07, 6.45) is -0.741. The third-order valence-corrected chi connectivity index (χ3v) is 5.52. The normalized spacial score (nSPS) is 12.6. The van der Waals surface area contributed by atoms with Gasteiger partial charge in [0.25, 0.3) is 5.91 Å². The maximum absolute atomic E-state index is 12.8. The van der Waals surface area contributed by atoms with E-state index >= 15 is 0 Å². The van der Waals surface area contributed by atoms with Gasteiger partial charge in [-0.05, 0) is 30.2 Å². The molecule has 0 aliphatic heterocycles. The van der Waals surface area contributed by atoms with Crippen LogP contribution in [0.1, 0.15) is 26.3 Å². The molecule has 4 N–H and O–H groups in total. The van der Waals surface area contributed by atoms with Crippen LogP contribution in [0, 0.1) is 0 Å². The number of carboxylic acid groups (broad SMARTS) is 2. The van der Waals surface area contributed by atoms with E-state index in [1.54, 1.807) is 42.5 Å². The number of carbonyl (C=O) groups is 3. The first kappa shape index (κ1) is 24.2. The van der Waals surface area contributed by atoms with E-state index in [2.05, 4.69) is 10.3 Å². The zero-order valence-electron chi connectivity index (χ0n) is 16.9. The highest BCUT2D eigenvalue weighted by molar-refractivity contribution is 6.33. The molecule has 0 saturated heterocycles. The van der Waals surface area contributed by atoms with Crippen LogP contribution in [0.3, 0.4) is 0 Å². The Labute approximate surface area is 198 Å². The Bertz CT molecular complexity index is 1220. The number of aliphatic carboxylic acids is 1. The Hall–Kier alpha value is -3.46. The Morgan fingerprint density at radius 3 is 2.27 bits per heavy atom. The summed E-state index contributed by atoms with van der Waals surface area (Å²) in [7, 11) is 0. The number of aromatic nitrogens is 1. The molecule has 2 aromatic carbocycles. The minimum atomic E-state index is -1.89. The highest BCUT2D eigenvalue weighted by Crippen LogP contribution is 2.29. The predicted molar refractivity (Wildman–Crippen MR) is 122 cm³/mol. The van der Waals surface area contributed by atoms with Gasteiger partial charge in [0, 0.05) is 16.8 Å². The summed E-state index contributed by atoms with van der Waals surface area (Å²) in [5.41, 5.74) is 0.984. The van der Waals surface area contributed by atoms with Crippen LogP contribution in [0.2, 0.25) is 10.0 Å². The van der Waals surface area contributed by atoms with Crippen molar-refractivity contribution in [3.63, 3.8) is 0 Å². The van der Waals surface area contributed by atoms with Crippen molar-refractivity contribution in [3.8, 4) is 11.3 Å². The molecule has 8 nitrogen and oxygen atoms in total. The summed E-state index contributed by atoms with van der Waals surface area (Å²) in [4.78, 5) is 39.8. The molecule has 33 heavy (non-hydrogen) atoms. The number of benzene rings is 2. The van der Waals surface area contributed by atoms with E-state index in [4.69, 9.17) is 23.2 Å². The molecule has 0 aliphatic carbocycles. The van der Waals surface area contributed by atoms with Crippen LogP contribution in [-0.2, 0) is 11.2 Å². The predicted octanol–water partition coefficient (Wildman–Crippen LogP) is 3.54. The lowest BCUT2D eigenvalue weighted by molar-refractivity contribution is -0.148. The molecule has 3 rings (SSSR count). The zero-order valence-corrected chi connectivity index (χ0v) is 18.4. The number of aliphatic hydroxyl groups is 1. The SMILES string of the molecule is O=C(NC(Cc1ccccc1Cl)C(O)C(=O)O)c1cnc(-c2ccccc2C(=O)O)c(Cl)c1. The smallest absolute Gasteiger partial charge is 0.336 e. The first-order valence-electron chi connectivity index (χ1n) is 9.62. The van der Waals surface area contributed by atoms with Crippen LogP contribution in [0.5, 0.6) is 0 Å². The molecule has 2 unspecified atom stereocenters. The lowest BCUT2D eigenvalue weighted by atomic mass is 10.0. The van der Waals surface area contributed by atoms with Crippen molar-refractivity contribution in [2.24, 2.45) is 0 Å². The first-order chi connectivity index (χ1) is 15.7. The third kappa shape index (κ3) is 5.67. The lowest BCUT2D eigenvalue weighted by Crippen LogP contribution is -2.48. The molecule has 3 aromatic rings. The van der Waals surface area contributed by atoms with Crippen molar-refractivity contribution in [1.82, 2.24) is 10.3 Å². The maximum Gasteiger partial charge on any atom is 0.336 e. The van der Waals surface area contributed by atoms with E-state index < -0.39 is 30.0 Å². The maximum atomic E-state index is 12.8. The van der Waals surface area contributed by atoms with E-state index in [-0.39, 0.29) is 33.8 Å². The zero-order chi connectivity index (χ0) is 24.1. The van der Waals surface area contributed by atoms with E-state index in [0.29, 0.717) is 10.6 Å². The van der Waals surface area contributed by atoms with Crippen molar-refractivity contribution in [2.75, 3.05) is 0 Å². The number of halogens is 2. The molecule has 0 saturated carbocycles. The molecule has 1 heterocycles. The van der Waals surface area contributed by atoms with Gasteiger partial charge in [0.2, 0.25) is 0 Å². The van der Waals surface area contributed by atoms with E-state index in [1.807, 2.05) is 0 Å². The largest absolute Gasteiger partial charge is 0.479 e. The van der Waals surface area contributed by atoms with Crippen molar-refractivity contribution in [2.45, 2.75) is 18.6 Å². The van der Waals surface area contributed by atoms with Crippen molar-refractivity contribution >= 4 is 41.0 Å². The summed E-state index contributed by atoms with van der Waals surface area (Å²) in [6, 6.07) is 12.9. The molecule has 2 atom stereocenters. The number of hydrogen-bond donors (Lipinski definition) is 4. The van der Waals surface area contributed by atoms with Crippen molar-refractivity contribution in [3.05, 3.63) is 87.5 Å². The van der Waals surface area contributed by atoms with Gasteiger partial charge in [-0.25, -0.2) is 9.59 Å². The molecule has 0 spiro atoms. The van der Waals surface area contributed by atoms with Crippen molar-refractivity contribution in [1.29, 1.82) is 0 Å². The van der Waals surface area contributed by atoms with Crippen LogP contribution in [-0.4, -0.2) is 50.3 Å². The quantitative estimate of drug-likeness (QED) is 0.380. The van der Waals surface area contributed by atoms with Gasteiger partial charge in [-0.1, -0.05) is 59.6 Å². The van der Waals surface area contributed by atoms with Crippen LogP contribution in [0.4, 0.5) is 0 Å². The van der Waals surface area contributed by atoms with Crippen LogP contribution < -0.4 is 5.32 Å². The summed E-state index contributed by atoms with van der Waals surface area (Å²) in [6.45, 7) is 0. The van der Waals surface area contributed by atoms with Gasteiger partial charge >= 0.3 is 11.9 Å². The van der Waals surface area contributed by atoms with E-state index in [1.165, 1.54) is 18.3 Å². The Morgan fingerprint density at radius 2 is 1.64 bits per heavy atom. The minimum Gasteiger partial charge on any atom is -0.479 e. The number of nitrogens with zero attached hydrogens (tertiary/aromatic N) is 1. The molecule has 1 amide bonds. The van der Waals surface area contributed by atoms with Gasteiger partial charge in [-0.3, -0.25) is 9.78 Å². The average Bonchev–Trinajstić information content (AvgIpc) is 2.79. The van der Waals surface area contributed by atoms with Crippen LogP contribution in [0.15, 0.2) is 60.8 Å². The van der Waals surface area contributed by atoms with Gasteiger partial charge < -0.3 is 20.6 Å². The molecular formula is C23H18Cl2N2O6. The number of pyridine rings is 1. The number of nitrogens with one attached hydrogen (secondary N) is 1. The molecule has 0 bridgehead atoms. The summed E-state index contributed by atoms with van der Waals surface area (Å²) in [5.74, 6) is -3.39. The Morgan fingerprint density at radius 1 is 0.970 bits per heavy atom. The lowest BCUT2D eigenvalue weighted by Gasteiger charge is -2.22. The molecule has 1 aromatic heterocycles. The van der Waals surface area contributed by atoms with Crippen molar-refractivity contribution < 1.29 is 29.7 Å². The molecule has 0 radical (unpaired) electrons. The van der Waals surface area contributed by atoms with E-state index in [9.17, 15) is 29.7 Å².